The molecule has 1 aliphatic carbocycles. The van der Waals surface area contributed by atoms with Crippen LogP contribution in [0.1, 0.15) is 39.0 Å². The predicted octanol–water partition coefficient (Wildman–Crippen LogP) is 3.75. The highest BCUT2D eigenvalue weighted by molar-refractivity contribution is 7.99. The van der Waals surface area contributed by atoms with Gasteiger partial charge in [0.2, 0.25) is 5.91 Å². The number of carbonyl (C=O) groups is 1. The summed E-state index contributed by atoms with van der Waals surface area (Å²) in [4.78, 5) is 19.8. The van der Waals surface area contributed by atoms with Gasteiger partial charge >= 0.3 is 0 Å². The van der Waals surface area contributed by atoms with Gasteiger partial charge in [-0.1, -0.05) is 31.0 Å². The molecule has 2 aromatic rings. The number of carbonyl (C=O) groups excluding carboxylic acids is 1. The molecule has 1 heterocycles. The number of amides is 1. The number of aromatic amines is 1. The Hall–Kier alpha value is -1.69. The van der Waals surface area contributed by atoms with Crippen molar-refractivity contribution in [3.63, 3.8) is 0 Å². The number of imidazole rings is 1. The van der Waals surface area contributed by atoms with E-state index in [-0.39, 0.29) is 5.91 Å². The molecule has 0 atom stereocenters. The maximum Gasteiger partial charge on any atom is 0.230 e. The molecule has 0 bridgehead atoms. The van der Waals surface area contributed by atoms with Crippen LogP contribution < -0.4 is 10.1 Å². The van der Waals surface area contributed by atoms with E-state index < -0.39 is 0 Å². The highest BCUT2D eigenvalue weighted by atomic mass is 32.2. The summed E-state index contributed by atoms with van der Waals surface area (Å²) in [5, 5.41) is 3.83. The average Bonchev–Trinajstić information content (AvgIpc) is 3.01. The van der Waals surface area contributed by atoms with E-state index in [9.17, 15) is 4.79 Å². The van der Waals surface area contributed by atoms with Gasteiger partial charge in [0.15, 0.2) is 5.16 Å². The monoisotopic (exact) mass is 347 g/mol. The zero-order valence-electron chi connectivity index (χ0n) is 14.1. The zero-order chi connectivity index (χ0) is 16.8. The fraction of sp³-hybridized carbons (Fsp3) is 0.556. The van der Waals surface area contributed by atoms with Gasteiger partial charge in [-0.2, -0.15) is 0 Å². The van der Waals surface area contributed by atoms with Crippen molar-refractivity contribution in [2.45, 2.75) is 44.2 Å². The van der Waals surface area contributed by atoms with Crippen molar-refractivity contribution in [3.05, 3.63) is 18.2 Å². The van der Waals surface area contributed by atoms with E-state index in [4.69, 9.17) is 4.74 Å². The Morgan fingerprint density at radius 2 is 2.21 bits per heavy atom. The predicted molar refractivity (Wildman–Crippen MR) is 97.6 cm³/mol. The number of benzene rings is 1. The van der Waals surface area contributed by atoms with Crippen molar-refractivity contribution >= 4 is 28.7 Å². The van der Waals surface area contributed by atoms with E-state index in [1.54, 1.807) is 0 Å². The summed E-state index contributed by atoms with van der Waals surface area (Å²) >= 11 is 1.44. The first-order valence-electron chi connectivity index (χ1n) is 8.76. The smallest absolute Gasteiger partial charge is 0.230 e. The van der Waals surface area contributed by atoms with Gasteiger partial charge < -0.3 is 15.0 Å². The summed E-state index contributed by atoms with van der Waals surface area (Å²) in [6.45, 7) is 3.42. The second kappa shape index (κ2) is 8.42. The lowest BCUT2D eigenvalue weighted by Gasteiger charge is -2.21. The number of nitrogens with zero attached hydrogens (tertiary/aromatic N) is 1. The summed E-state index contributed by atoms with van der Waals surface area (Å²) in [6.07, 6.45) is 6.45. The molecule has 0 unspecified atom stereocenters. The Labute approximate surface area is 146 Å². The minimum atomic E-state index is 0.0843. The number of ether oxygens (including phenoxy) is 1. The molecule has 24 heavy (non-hydrogen) atoms. The van der Waals surface area contributed by atoms with Crippen LogP contribution in [0.4, 0.5) is 0 Å². The van der Waals surface area contributed by atoms with Gasteiger partial charge in [-0.15, -0.1) is 0 Å². The molecule has 3 rings (SSSR count). The van der Waals surface area contributed by atoms with Crippen LogP contribution in [0.15, 0.2) is 23.4 Å². The number of rotatable bonds is 7. The molecule has 0 radical (unpaired) electrons. The molecule has 1 aliphatic rings. The van der Waals surface area contributed by atoms with Crippen LogP contribution in [0.3, 0.4) is 0 Å². The summed E-state index contributed by atoms with van der Waals surface area (Å²) < 4.78 is 5.49. The Morgan fingerprint density at radius 1 is 1.38 bits per heavy atom. The van der Waals surface area contributed by atoms with Crippen molar-refractivity contribution in [1.29, 1.82) is 0 Å². The number of thioether (sulfide) groups is 1. The molecular weight excluding hydrogens is 322 g/mol. The van der Waals surface area contributed by atoms with E-state index in [1.165, 1.54) is 43.9 Å². The Balaban J connectivity index is 1.48. The van der Waals surface area contributed by atoms with Crippen molar-refractivity contribution in [3.8, 4) is 5.75 Å². The van der Waals surface area contributed by atoms with Crippen LogP contribution in [-0.4, -0.2) is 34.8 Å². The van der Waals surface area contributed by atoms with Gasteiger partial charge in [-0.05, 0) is 37.8 Å². The molecular formula is C18H25N3O2S. The molecule has 1 aromatic carbocycles. The second-order valence-corrected chi connectivity index (χ2v) is 7.21. The van der Waals surface area contributed by atoms with E-state index in [0.717, 1.165) is 28.5 Å². The van der Waals surface area contributed by atoms with Crippen LogP contribution in [0, 0.1) is 5.92 Å². The summed E-state index contributed by atoms with van der Waals surface area (Å²) in [5.41, 5.74) is 1.83. The first-order chi connectivity index (χ1) is 11.7. The first kappa shape index (κ1) is 17.1. The van der Waals surface area contributed by atoms with E-state index in [1.807, 2.05) is 25.1 Å². The van der Waals surface area contributed by atoms with Crippen LogP contribution in [0.5, 0.6) is 5.75 Å². The Morgan fingerprint density at radius 3 is 3.00 bits per heavy atom. The SMILES string of the molecule is CCOc1ccc2nc(SCC(=O)NCC3CCCCC3)[nH]c2c1. The molecule has 5 nitrogen and oxygen atoms in total. The van der Waals surface area contributed by atoms with Crippen LogP contribution in [0.2, 0.25) is 0 Å². The Kier molecular flexibility index (Phi) is 6.01. The van der Waals surface area contributed by atoms with Crippen LogP contribution in [-0.2, 0) is 4.79 Å². The minimum Gasteiger partial charge on any atom is -0.494 e. The van der Waals surface area contributed by atoms with Crippen LogP contribution >= 0.6 is 11.8 Å². The summed E-state index contributed by atoms with van der Waals surface area (Å²) in [6, 6.07) is 5.79. The molecule has 1 aromatic heterocycles. The van der Waals surface area contributed by atoms with Gasteiger partial charge in [0.1, 0.15) is 5.75 Å². The topological polar surface area (TPSA) is 67.0 Å². The molecule has 1 amide bonds. The van der Waals surface area contributed by atoms with Crippen molar-refractivity contribution in [2.75, 3.05) is 18.9 Å². The largest absolute Gasteiger partial charge is 0.494 e. The third kappa shape index (κ3) is 4.66. The van der Waals surface area contributed by atoms with Crippen LogP contribution in [0.25, 0.3) is 11.0 Å². The lowest BCUT2D eigenvalue weighted by molar-refractivity contribution is -0.118. The first-order valence-corrected chi connectivity index (χ1v) is 9.75. The average molecular weight is 347 g/mol. The van der Waals surface area contributed by atoms with E-state index in [0.29, 0.717) is 18.3 Å². The molecule has 130 valence electrons. The number of aromatic nitrogens is 2. The van der Waals surface area contributed by atoms with Gasteiger partial charge in [-0.25, -0.2) is 4.98 Å². The van der Waals surface area contributed by atoms with Gasteiger partial charge in [-0.3, -0.25) is 4.79 Å². The lowest BCUT2D eigenvalue weighted by atomic mass is 9.89. The highest BCUT2D eigenvalue weighted by Gasteiger charge is 2.14. The van der Waals surface area contributed by atoms with Gasteiger partial charge in [0.05, 0.1) is 23.4 Å². The minimum absolute atomic E-state index is 0.0843. The third-order valence-electron chi connectivity index (χ3n) is 4.40. The van der Waals surface area contributed by atoms with Gasteiger partial charge in [0, 0.05) is 12.6 Å². The fourth-order valence-electron chi connectivity index (χ4n) is 3.12. The third-order valence-corrected chi connectivity index (χ3v) is 5.27. The van der Waals surface area contributed by atoms with E-state index in [2.05, 4.69) is 15.3 Å². The van der Waals surface area contributed by atoms with Crippen molar-refractivity contribution < 1.29 is 9.53 Å². The second-order valence-electron chi connectivity index (χ2n) is 6.25. The fourth-order valence-corrected chi connectivity index (χ4v) is 3.84. The zero-order valence-corrected chi connectivity index (χ0v) is 15.0. The van der Waals surface area contributed by atoms with Gasteiger partial charge in [0.25, 0.3) is 0 Å². The number of hydrogen-bond donors (Lipinski definition) is 2. The molecule has 1 saturated carbocycles. The number of hydrogen-bond acceptors (Lipinski definition) is 4. The number of nitrogens with one attached hydrogen (secondary N) is 2. The maximum absolute atomic E-state index is 12.0. The standard InChI is InChI=1S/C18H25N3O2S/c1-2-23-14-8-9-15-16(10-14)21-18(20-15)24-12-17(22)19-11-13-6-4-3-5-7-13/h8-10,13H,2-7,11-12H2,1H3,(H,19,22)(H,20,21). The molecule has 6 heteroatoms. The molecule has 2 N–H and O–H groups in total. The number of H-pyrrole nitrogens is 1. The van der Waals surface area contributed by atoms with Crippen molar-refractivity contribution in [2.24, 2.45) is 5.92 Å². The normalized spacial score (nSPS) is 15.5. The molecule has 1 fully saturated rings. The number of fused-ring (bicyclic) bond motifs is 1. The molecule has 0 aliphatic heterocycles. The van der Waals surface area contributed by atoms with E-state index >= 15 is 0 Å². The molecule has 0 saturated heterocycles. The Bertz CT molecular complexity index is 680. The maximum atomic E-state index is 12.0. The van der Waals surface area contributed by atoms with Crippen molar-refractivity contribution in [1.82, 2.24) is 15.3 Å². The summed E-state index contributed by atoms with van der Waals surface area (Å²) in [5.74, 6) is 1.97. The molecule has 0 spiro atoms. The lowest BCUT2D eigenvalue weighted by Crippen LogP contribution is -2.31. The summed E-state index contributed by atoms with van der Waals surface area (Å²) in [7, 11) is 0. The quantitative estimate of drug-likeness (QED) is 0.749. The highest BCUT2D eigenvalue weighted by Crippen LogP contribution is 2.24.